The van der Waals surface area contributed by atoms with Gasteiger partial charge in [0.05, 0.1) is 23.6 Å². The number of rotatable bonds is 8. The minimum Gasteiger partial charge on any atom is -0.497 e. The summed E-state index contributed by atoms with van der Waals surface area (Å²) in [5.74, 6) is 0.392. The Labute approximate surface area is 188 Å². The summed E-state index contributed by atoms with van der Waals surface area (Å²) >= 11 is 6.01. The van der Waals surface area contributed by atoms with E-state index in [4.69, 9.17) is 16.3 Å². The molecule has 0 aliphatic carbocycles. The fourth-order valence-electron chi connectivity index (χ4n) is 3.45. The largest absolute Gasteiger partial charge is 0.497 e. The van der Waals surface area contributed by atoms with Crippen molar-refractivity contribution in [1.82, 2.24) is 4.72 Å². The number of methoxy groups -OCH3 is 1. The fourth-order valence-corrected chi connectivity index (χ4v) is 4.86. The van der Waals surface area contributed by atoms with Crippen LogP contribution in [0.25, 0.3) is 0 Å². The van der Waals surface area contributed by atoms with E-state index in [2.05, 4.69) is 10.8 Å². The van der Waals surface area contributed by atoms with Crippen molar-refractivity contribution in [3.05, 3.63) is 94.5 Å². The average Bonchev–Trinajstić information content (AvgIpc) is 2.78. The van der Waals surface area contributed by atoms with Crippen LogP contribution in [0.3, 0.4) is 0 Å². The van der Waals surface area contributed by atoms with Gasteiger partial charge in [-0.1, -0.05) is 35.9 Å². The standard InChI is InChI=1S/C24H23ClN2O3S/c1-17(27-31(28,29)23-12-10-22(30-2)11-13-23)24(15-18-6-8-21(25)9-7-18)20-5-3-4-19(14-20)16-26/h3-14,17,24,27H,15H2,1-2H3. The molecule has 0 bridgehead atoms. The second kappa shape index (κ2) is 9.97. The zero-order valence-electron chi connectivity index (χ0n) is 17.2. The normalized spacial score (nSPS) is 13.2. The van der Waals surface area contributed by atoms with Gasteiger partial charge in [-0.05, 0) is 73.0 Å². The fraction of sp³-hybridized carbons (Fsp3) is 0.208. The molecule has 0 fully saturated rings. The first-order valence-electron chi connectivity index (χ1n) is 9.73. The third-order valence-corrected chi connectivity index (χ3v) is 6.95. The van der Waals surface area contributed by atoms with Crippen LogP contribution in [-0.2, 0) is 16.4 Å². The zero-order valence-corrected chi connectivity index (χ0v) is 18.8. The second-order valence-corrected chi connectivity index (χ2v) is 9.41. The van der Waals surface area contributed by atoms with Crippen LogP contribution in [0.15, 0.2) is 77.7 Å². The Bertz CT molecular complexity index is 1170. The molecule has 0 aliphatic rings. The Balaban J connectivity index is 1.91. The van der Waals surface area contributed by atoms with E-state index in [-0.39, 0.29) is 10.8 Å². The number of ether oxygens (including phenoxy) is 1. The van der Waals surface area contributed by atoms with Crippen molar-refractivity contribution in [3.8, 4) is 11.8 Å². The quantitative estimate of drug-likeness (QED) is 0.524. The van der Waals surface area contributed by atoms with E-state index in [0.29, 0.717) is 22.8 Å². The smallest absolute Gasteiger partial charge is 0.240 e. The van der Waals surface area contributed by atoms with Crippen molar-refractivity contribution < 1.29 is 13.2 Å². The molecule has 3 aromatic rings. The average molecular weight is 455 g/mol. The van der Waals surface area contributed by atoms with Crippen molar-refractivity contribution in [2.75, 3.05) is 7.11 Å². The molecule has 0 spiro atoms. The third-order valence-electron chi connectivity index (χ3n) is 5.13. The van der Waals surface area contributed by atoms with E-state index < -0.39 is 16.1 Å². The van der Waals surface area contributed by atoms with E-state index in [0.717, 1.165) is 11.1 Å². The molecule has 0 saturated heterocycles. The second-order valence-electron chi connectivity index (χ2n) is 7.26. The first-order valence-corrected chi connectivity index (χ1v) is 11.6. The van der Waals surface area contributed by atoms with Gasteiger partial charge in [-0.25, -0.2) is 13.1 Å². The summed E-state index contributed by atoms with van der Waals surface area (Å²) < 4.78 is 33.9. The maximum atomic E-state index is 13.0. The van der Waals surface area contributed by atoms with Crippen LogP contribution in [0.2, 0.25) is 5.02 Å². The summed E-state index contributed by atoms with van der Waals surface area (Å²) in [6.45, 7) is 1.83. The number of hydrogen-bond donors (Lipinski definition) is 1. The molecule has 0 aliphatic heterocycles. The molecule has 160 valence electrons. The molecular formula is C24H23ClN2O3S. The summed E-state index contributed by atoms with van der Waals surface area (Å²) in [5, 5.41) is 9.93. The van der Waals surface area contributed by atoms with E-state index in [1.807, 2.05) is 43.3 Å². The van der Waals surface area contributed by atoms with Gasteiger partial charge in [-0.3, -0.25) is 0 Å². The Hall–Kier alpha value is -2.85. The van der Waals surface area contributed by atoms with Crippen LogP contribution >= 0.6 is 11.6 Å². The van der Waals surface area contributed by atoms with Crippen molar-refractivity contribution in [1.29, 1.82) is 5.26 Å². The number of nitrogens with zero attached hydrogens (tertiary/aromatic N) is 1. The van der Waals surface area contributed by atoms with Crippen LogP contribution in [0.5, 0.6) is 5.75 Å². The molecule has 0 amide bonds. The van der Waals surface area contributed by atoms with Gasteiger partial charge in [0, 0.05) is 17.0 Å². The van der Waals surface area contributed by atoms with Crippen molar-refractivity contribution in [3.63, 3.8) is 0 Å². The summed E-state index contributed by atoms with van der Waals surface area (Å²) in [5.41, 5.74) is 2.44. The number of benzene rings is 3. The lowest BCUT2D eigenvalue weighted by atomic mass is 9.86. The van der Waals surface area contributed by atoms with Gasteiger partial charge >= 0.3 is 0 Å². The van der Waals surface area contributed by atoms with Crippen molar-refractivity contribution in [2.24, 2.45) is 0 Å². The number of nitrogens with one attached hydrogen (secondary N) is 1. The minimum absolute atomic E-state index is 0.163. The van der Waals surface area contributed by atoms with Crippen LogP contribution in [0.1, 0.15) is 29.5 Å². The van der Waals surface area contributed by atoms with Crippen molar-refractivity contribution >= 4 is 21.6 Å². The predicted octanol–water partition coefficient (Wildman–Crippen LogP) is 4.91. The van der Waals surface area contributed by atoms with E-state index >= 15 is 0 Å². The topological polar surface area (TPSA) is 79.2 Å². The third kappa shape index (κ3) is 5.86. The molecule has 5 nitrogen and oxygen atoms in total. The van der Waals surface area contributed by atoms with Gasteiger partial charge in [-0.2, -0.15) is 5.26 Å². The molecule has 0 radical (unpaired) electrons. The highest BCUT2D eigenvalue weighted by molar-refractivity contribution is 7.89. The summed E-state index contributed by atoms with van der Waals surface area (Å²) in [4.78, 5) is 0.163. The molecule has 0 saturated carbocycles. The Morgan fingerprint density at radius 3 is 2.35 bits per heavy atom. The highest BCUT2D eigenvalue weighted by Crippen LogP contribution is 2.27. The molecule has 31 heavy (non-hydrogen) atoms. The van der Waals surface area contributed by atoms with Crippen LogP contribution < -0.4 is 9.46 Å². The predicted molar refractivity (Wildman–Crippen MR) is 122 cm³/mol. The molecule has 0 heterocycles. The molecule has 2 atom stereocenters. The monoisotopic (exact) mass is 454 g/mol. The van der Waals surface area contributed by atoms with Crippen molar-refractivity contribution in [2.45, 2.75) is 30.2 Å². The van der Waals surface area contributed by atoms with E-state index in [1.165, 1.54) is 19.2 Å². The van der Waals surface area contributed by atoms with Gasteiger partial charge in [0.1, 0.15) is 5.75 Å². The maximum Gasteiger partial charge on any atom is 0.240 e. The van der Waals surface area contributed by atoms with E-state index in [1.54, 1.807) is 24.3 Å². The molecule has 1 N–H and O–H groups in total. The lowest BCUT2D eigenvalue weighted by Crippen LogP contribution is -2.37. The highest BCUT2D eigenvalue weighted by atomic mass is 35.5. The summed E-state index contributed by atoms with van der Waals surface area (Å²) in [7, 11) is -2.22. The molecular weight excluding hydrogens is 432 g/mol. The van der Waals surface area contributed by atoms with Gasteiger partial charge in [-0.15, -0.1) is 0 Å². The first kappa shape index (κ1) is 22.8. The SMILES string of the molecule is COc1ccc(S(=O)(=O)NC(C)C(Cc2ccc(Cl)cc2)c2cccc(C#N)c2)cc1. The van der Waals surface area contributed by atoms with Crippen LogP contribution in [0.4, 0.5) is 0 Å². The van der Waals surface area contributed by atoms with Crippen LogP contribution in [0, 0.1) is 11.3 Å². The van der Waals surface area contributed by atoms with Crippen LogP contribution in [-0.4, -0.2) is 21.6 Å². The number of sulfonamides is 1. The lowest BCUT2D eigenvalue weighted by Gasteiger charge is -2.26. The number of nitriles is 1. The maximum absolute atomic E-state index is 13.0. The Kier molecular flexibility index (Phi) is 7.34. The Morgan fingerprint density at radius 1 is 1.06 bits per heavy atom. The van der Waals surface area contributed by atoms with E-state index in [9.17, 15) is 13.7 Å². The van der Waals surface area contributed by atoms with Gasteiger partial charge in [0.2, 0.25) is 10.0 Å². The zero-order chi connectivity index (χ0) is 22.4. The number of hydrogen-bond acceptors (Lipinski definition) is 4. The van der Waals surface area contributed by atoms with Gasteiger partial charge in [0.15, 0.2) is 0 Å². The molecule has 7 heteroatoms. The van der Waals surface area contributed by atoms with Gasteiger partial charge < -0.3 is 4.74 Å². The highest BCUT2D eigenvalue weighted by Gasteiger charge is 2.26. The summed E-state index contributed by atoms with van der Waals surface area (Å²) in [6.07, 6.45) is 0.582. The minimum atomic E-state index is -3.74. The molecule has 2 unspecified atom stereocenters. The molecule has 0 aromatic heterocycles. The van der Waals surface area contributed by atoms with Gasteiger partial charge in [0.25, 0.3) is 0 Å². The first-order chi connectivity index (χ1) is 14.8. The molecule has 3 aromatic carbocycles. The lowest BCUT2D eigenvalue weighted by molar-refractivity contribution is 0.414. The molecule has 3 rings (SSSR count). The Morgan fingerprint density at radius 2 is 1.74 bits per heavy atom. The summed E-state index contributed by atoms with van der Waals surface area (Å²) in [6, 6.07) is 22.7. The number of halogens is 1.